The topological polar surface area (TPSA) is 84.9 Å². The molecule has 0 bridgehead atoms. The highest BCUT2D eigenvalue weighted by Crippen LogP contribution is 2.38. The number of carbonyl (C=O) groups excluding carboxylic acids is 3. The van der Waals surface area contributed by atoms with E-state index in [1.807, 2.05) is 24.3 Å². The van der Waals surface area contributed by atoms with Crippen molar-refractivity contribution < 1.29 is 23.9 Å². The van der Waals surface area contributed by atoms with Gasteiger partial charge in [-0.25, -0.2) is 0 Å². The average Bonchev–Trinajstić information content (AvgIpc) is 2.70. The Morgan fingerprint density at radius 1 is 1.26 bits per heavy atom. The van der Waals surface area contributed by atoms with Crippen LogP contribution in [0.15, 0.2) is 24.3 Å². The Morgan fingerprint density at radius 3 is 2.56 bits per heavy atom. The first-order valence-corrected chi connectivity index (χ1v) is 9.32. The van der Waals surface area contributed by atoms with Gasteiger partial charge in [0.15, 0.2) is 6.61 Å². The third kappa shape index (κ3) is 5.21. The zero-order valence-corrected chi connectivity index (χ0v) is 16.2. The van der Waals surface area contributed by atoms with E-state index in [1.165, 1.54) is 7.05 Å². The standard InChI is InChI=1S/C20H28N2O5/c1-4-5-12-22-18(24)11-10-16(20(25)27-13-17(23)21-2)19(22)14-6-8-15(26-3)9-7-14/h6-9,16,19H,4-5,10-13H2,1-3H3,(H,21,23)/t16-,19+/m0/s1. The molecule has 0 radical (unpaired) electrons. The largest absolute Gasteiger partial charge is 0.497 e. The van der Waals surface area contributed by atoms with Crippen molar-refractivity contribution in [1.82, 2.24) is 10.2 Å². The minimum atomic E-state index is -0.502. The number of unbranched alkanes of at least 4 members (excludes halogenated alkanes) is 1. The summed E-state index contributed by atoms with van der Waals surface area (Å²) in [6, 6.07) is 6.99. The second-order valence-electron chi connectivity index (χ2n) is 6.58. The van der Waals surface area contributed by atoms with Gasteiger partial charge in [0.25, 0.3) is 5.91 Å². The normalized spacial score (nSPS) is 19.5. The summed E-state index contributed by atoms with van der Waals surface area (Å²) in [5.41, 5.74) is 0.863. The number of hydrogen-bond acceptors (Lipinski definition) is 5. The van der Waals surface area contributed by atoms with Gasteiger partial charge < -0.3 is 19.7 Å². The molecule has 2 amide bonds. The van der Waals surface area contributed by atoms with E-state index in [2.05, 4.69) is 12.2 Å². The van der Waals surface area contributed by atoms with Crippen molar-refractivity contribution in [3.8, 4) is 5.75 Å². The summed E-state index contributed by atoms with van der Waals surface area (Å²) in [6.45, 7) is 2.33. The molecule has 2 rings (SSSR count). The summed E-state index contributed by atoms with van der Waals surface area (Å²) in [5.74, 6) is -0.565. The lowest BCUT2D eigenvalue weighted by atomic mass is 9.84. The molecule has 1 aromatic rings. The molecule has 0 aromatic heterocycles. The number of hydrogen-bond donors (Lipinski definition) is 1. The number of carbonyl (C=O) groups is 3. The van der Waals surface area contributed by atoms with Crippen molar-refractivity contribution in [3.63, 3.8) is 0 Å². The molecule has 1 fully saturated rings. The number of nitrogens with zero attached hydrogens (tertiary/aromatic N) is 1. The maximum absolute atomic E-state index is 12.7. The van der Waals surface area contributed by atoms with Crippen molar-refractivity contribution in [2.75, 3.05) is 27.3 Å². The van der Waals surface area contributed by atoms with Crippen LogP contribution in [0.3, 0.4) is 0 Å². The third-order valence-electron chi connectivity index (χ3n) is 4.84. The van der Waals surface area contributed by atoms with E-state index in [4.69, 9.17) is 9.47 Å². The number of benzene rings is 1. The summed E-state index contributed by atoms with van der Waals surface area (Å²) in [5, 5.41) is 2.43. The van der Waals surface area contributed by atoms with E-state index >= 15 is 0 Å². The van der Waals surface area contributed by atoms with Gasteiger partial charge in [-0.1, -0.05) is 25.5 Å². The summed E-state index contributed by atoms with van der Waals surface area (Å²) in [6.07, 6.45) is 2.52. The van der Waals surface area contributed by atoms with Gasteiger partial charge in [-0.2, -0.15) is 0 Å². The van der Waals surface area contributed by atoms with E-state index in [0.717, 1.165) is 18.4 Å². The highest BCUT2D eigenvalue weighted by Gasteiger charge is 2.41. The Balaban J connectivity index is 2.29. The number of nitrogens with one attached hydrogen (secondary N) is 1. The molecule has 7 heteroatoms. The molecule has 1 saturated heterocycles. The second kappa shape index (κ2) is 9.94. The lowest BCUT2D eigenvalue weighted by Gasteiger charge is -2.40. The Labute approximate surface area is 160 Å². The predicted octanol–water partition coefficient (Wildman–Crippen LogP) is 2.06. The molecule has 1 N–H and O–H groups in total. The second-order valence-corrected chi connectivity index (χ2v) is 6.58. The molecule has 0 unspecified atom stereocenters. The number of likely N-dealkylation sites (tertiary alicyclic amines) is 1. The molecule has 0 aliphatic carbocycles. The molecule has 7 nitrogen and oxygen atoms in total. The number of ether oxygens (including phenoxy) is 2. The van der Waals surface area contributed by atoms with Crippen LogP contribution in [-0.4, -0.2) is 50.0 Å². The van der Waals surface area contributed by atoms with Crippen LogP contribution in [0.5, 0.6) is 5.75 Å². The quantitative estimate of drug-likeness (QED) is 0.702. The highest BCUT2D eigenvalue weighted by atomic mass is 16.5. The van der Waals surface area contributed by atoms with Gasteiger partial charge in [-0.3, -0.25) is 14.4 Å². The van der Waals surface area contributed by atoms with Crippen LogP contribution in [0.2, 0.25) is 0 Å². The van der Waals surface area contributed by atoms with Crippen molar-refractivity contribution in [1.29, 1.82) is 0 Å². The number of methoxy groups -OCH3 is 1. The number of piperidine rings is 1. The Morgan fingerprint density at radius 2 is 1.96 bits per heavy atom. The average molecular weight is 376 g/mol. The molecule has 148 valence electrons. The fourth-order valence-electron chi connectivity index (χ4n) is 3.32. The van der Waals surface area contributed by atoms with Crippen LogP contribution in [0.1, 0.15) is 44.2 Å². The van der Waals surface area contributed by atoms with Crippen molar-refractivity contribution in [2.45, 2.75) is 38.6 Å². The van der Waals surface area contributed by atoms with Gasteiger partial charge in [0, 0.05) is 20.0 Å². The van der Waals surface area contributed by atoms with Crippen LogP contribution in [-0.2, 0) is 19.1 Å². The van der Waals surface area contributed by atoms with Crippen molar-refractivity contribution >= 4 is 17.8 Å². The smallest absolute Gasteiger partial charge is 0.311 e. The van der Waals surface area contributed by atoms with Crippen LogP contribution in [0.4, 0.5) is 0 Å². The molecule has 1 aromatic carbocycles. The van der Waals surface area contributed by atoms with E-state index in [9.17, 15) is 14.4 Å². The zero-order valence-electron chi connectivity index (χ0n) is 16.2. The van der Waals surface area contributed by atoms with Gasteiger partial charge in [0.1, 0.15) is 5.75 Å². The summed E-state index contributed by atoms with van der Waals surface area (Å²) < 4.78 is 10.4. The zero-order chi connectivity index (χ0) is 19.8. The van der Waals surface area contributed by atoms with E-state index in [0.29, 0.717) is 25.1 Å². The predicted molar refractivity (Wildman–Crippen MR) is 100 cm³/mol. The number of likely N-dealkylation sites (N-methyl/N-ethyl adjacent to an activating group) is 1. The SMILES string of the molecule is CCCCN1C(=O)CC[C@H](C(=O)OCC(=O)NC)[C@H]1c1ccc(OC)cc1. The van der Waals surface area contributed by atoms with Crippen LogP contribution >= 0.6 is 0 Å². The molecule has 0 spiro atoms. The van der Waals surface area contributed by atoms with E-state index in [1.54, 1.807) is 12.0 Å². The van der Waals surface area contributed by atoms with Gasteiger partial charge in [0.05, 0.1) is 19.1 Å². The monoisotopic (exact) mass is 376 g/mol. The number of amides is 2. The van der Waals surface area contributed by atoms with Gasteiger partial charge in [-0.05, 0) is 30.5 Å². The first-order chi connectivity index (χ1) is 13.0. The third-order valence-corrected chi connectivity index (χ3v) is 4.84. The Hall–Kier alpha value is -2.57. The number of rotatable bonds is 8. The number of esters is 1. The molecule has 27 heavy (non-hydrogen) atoms. The first kappa shape index (κ1) is 20.7. The maximum atomic E-state index is 12.7. The van der Waals surface area contributed by atoms with Crippen LogP contribution < -0.4 is 10.1 Å². The van der Waals surface area contributed by atoms with E-state index in [-0.39, 0.29) is 18.4 Å². The summed E-state index contributed by atoms with van der Waals surface area (Å²) >= 11 is 0. The fourth-order valence-corrected chi connectivity index (χ4v) is 3.32. The molecule has 1 aliphatic rings. The van der Waals surface area contributed by atoms with Gasteiger partial charge >= 0.3 is 5.97 Å². The molecular weight excluding hydrogens is 348 g/mol. The van der Waals surface area contributed by atoms with Gasteiger partial charge in [0.2, 0.25) is 5.91 Å². The molecule has 1 heterocycles. The fraction of sp³-hybridized carbons (Fsp3) is 0.550. The van der Waals surface area contributed by atoms with E-state index < -0.39 is 17.9 Å². The highest BCUT2D eigenvalue weighted by molar-refractivity contribution is 5.84. The lowest BCUT2D eigenvalue weighted by Crippen LogP contribution is -2.46. The van der Waals surface area contributed by atoms with Crippen LogP contribution in [0.25, 0.3) is 0 Å². The van der Waals surface area contributed by atoms with Crippen molar-refractivity contribution in [3.05, 3.63) is 29.8 Å². The van der Waals surface area contributed by atoms with Crippen molar-refractivity contribution in [2.24, 2.45) is 5.92 Å². The lowest BCUT2D eigenvalue weighted by molar-refractivity contribution is -0.159. The summed E-state index contributed by atoms with van der Waals surface area (Å²) in [7, 11) is 3.08. The molecule has 1 aliphatic heterocycles. The maximum Gasteiger partial charge on any atom is 0.311 e. The van der Waals surface area contributed by atoms with Gasteiger partial charge in [-0.15, -0.1) is 0 Å². The minimum Gasteiger partial charge on any atom is -0.497 e. The first-order valence-electron chi connectivity index (χ1n) is 9.32. The Bertz CT molecular complexity index is 659. The Kier molecular flexibility index (Phi) is 7.64. The molecular formula is C20H28N2O5. The molecule has 0 saturated carbocycles. The van der Waals surface area contributed by atoms with Crippen LogP contribution in [0, 0.1) is 5.92 Å². The molecule has 2 atom stereocenters. The minimum absolute atomic E-state index is 0.0413. The summed E-state index contributed by atoms with van der Waals surface area (Å²) in [4.78, 5) is 38.4.